The minimum atomic E-state index is 0.374. The average Bonchev–Trinajstić information content (AvgIpc) is 3.12. The van der Waals surface area contributed by atoms with Crippen molar-refractivity contribution in [3.05, 3.63) is 72.8 Å². The SMILES string of the molecule is CC1(C)CB(c2ccc3c4ccccc4n(-c4ccccc4)c3c2)CC1(C)C. The molecule has 0 atom stereocenters. The smallest absolute Gasteiger partial charge is 0.177 e. The number of rotatable bonds is 2. The molecule has 3 aromatic carbocycles. The summed E-state index contributed by atoms with van der Waals surface area (Å²) in [5, 5.41) is 2.68. The highest BCUT2D eigenvalue weighted by atomic mass is 15.0. The number of para-hydroxylation sites is 2. The third-order valence-electron chi connectivity index (χ3n) is 7.53. The summed E-state index contributed by atoms with van der Waals surface area (Å²) in [6.45, 7) is 10.4. The molecule has 1 aromatic heterocycles. The Kier molecular flexibility index (Phi) is 3.78. The number of hydrogen-bond acceptors (Lipinski definition) is 0. The van der Waals surface area contributed by atoms with Crippen LogP contribution in [-0.2, 0) is 0 Å². The predicted molar refractivity (Wildman–Crippen MR) is 123 cm³/mol. The van der Waals surface area contributed by atoms with Crippen LogP contribution in [0.25, 0.3) is 27.5 Å². The van der Waals surface area contributed by atoms with Crippen molar-refractivity contribution in [3.63, 3.8) is 0 Å². The molecule has 4 aromatic rings. The molecule has 140 valence electrons. The van der Waals surface area contributed by atoms with Crippen molar-refractivity contribution in [3.8, 4) is 5.69 Å². The highest BCUT2D eigenvalue weighted by molar-refractivity contribution is 6.74. The van der Waals surface area contributed by atoms with Crippen LogP contribution in [0.3, 0.4) is 0 Å². The Morgan fingerprint density at radius 3 is 2.00 bits per heavy atom. The molecule has 0 bridgehead atoms. The summed E-state index contributed by atoms with van der Waals surface area (Å²) >= 11 is 0. The molecule has 1 nitrogen and oxygen atoms in total. The summed E-state index contributed by atoms with van der Waals surface area (Å²) in [4.78, 5) is 0. The van der Waals surface area contributed by atoms with Crippen molar-refractivity contribution < 1.29 is 0 Å². The minimum absolute atomic E-state index is 0.374. The Morgan fingerprint density at radius 2 is 1.29 bits per heavy atom. The molecule has 28 heavy (non-hydrogen) atoms. The third kappa shape index (κ3) is 2.54. The molecule has 0 aliphatic carbocycles. The van der Waals surface area contributed by atoms with Gasteiger partial charge in [0.15, 0.2) is 6.71 Å². The molecule has 2 heteroatoms. The Hall–Kier alpha value is -2.48. The lowest BCUT2D eigenvalue weighted by Gasteiger charge is -2.35. The standard InChI is InChI=1S/C26H28BN/c1-25(2)17-27(18-26(25,3)4)19-14-15-22-21-12-8-9-13-23(21)28(24(22)16-19)20-10-6-5-7-11-20/h5-16H,17-18H2,1-4H3. The summed E-state index contributed by atoms with van der Waals surface area (Å²) < 4.78 is 2.43. The van der Waals surface area contributed by atoms with Crippen molar-refractivity contribution >= 4 is 34.0 Å². The van der Waals surface area contributed by atoms with E-state index in [-0.39, 0.29) is 0 Å². The Bertz CT molecular complexity index is 1150. The van der Waals surface area contributed by atoms with E-state index >= 15 is 0 Å². The predicted octanol–water partition coefficient (Wildman–Crippen LogP) is 6.55. The normalized spacial score (nSPS) is 18.2. The van der Waals surface area contributed by atoms with Crippen molar-refractivity contribution in [2.75, 3.05) is 0 Å². The summed E-state index contributed by atoms with van der Waals surface area (Å²) in [6, 6.07) is 26.7. The first kappa shape index (κ1) is 17.6. The first-order valence-electron chi connectivity index (χ1n) is 10.5. The quantitative estimate of drug-likeness (QED) is 0.355. The Balaban J connectivity index is 1.73. The largest absolute Gasteiger partial charge is 0.309 e. The van der Waals surface area contributed by atoms with Crippen LogP contribution in [0, 0.1) is 10.8 Å². The van der Waals surface area contributed by atoms with Crippen LogP contribution in [0.15, 0.2) is 72.8 Å². The van der Waals surface area contributed by atoms with Gasteiger partial charge in [0, 0.05) is 16.5 Å². The van der Waals surface area contributed by atoms with Gasteiger partial charge >= 0.3 is 0 Å². The van der Waals surface area contributed by atoms with Crippen LogP contribution >= 0.6 is 0 Å². The topological polar surface area (TPSA) is 4.93 Å². The highest BCUT2D eigenvalue weighted by Gasteiger charge is 2.48. The fourth-order valence-corrected chi connectivity index (χ4v) is 5.19. The van der Waals surface area contributed by atoms with Crippen LogP contribution in [0.4, 0.5) is 0 Å². The van der Waals surface area contributed by atoms with E-state index in [0.717, 1.165) is 0 Å². The second-order valence-electron chi connectivity index (χ2n) is 9.84. The monoisotopic (exact) mass is 365 g/mol. The molecule has 1 aliphatic rings. The molecule has 1 aliphatic heterocycles. The maximum Gasteiger partial charge on any atom is 0.177 e. The van der Waals surface area contributed by atoms with Crippen molar-refractivity contribution in [1.29, 1.82) is 0 Å². The van der Waals surface area contributed by atoms with E-state index in [0.29, 0.717) is 17.5 Å². The third-order valence-corrected chi connectivity index (χ3v) is 7.53. The fraction of sp³-hybridized carbons (Fsp3) is 0.308. The Labute approximate surface area is 168 Å². The van der Waals surface area contributed by atoms with Crippen LogP contribution in [0.1, 0.15) is 27.7 Å². The van der Waals surface area contributed by atoms with E-state index < -0.39 is 0 Å². The molecule has 0 saturated carbocycles. The van der Waals surface area contributed by atoms with Gasteiger partial charge in [0.25, 0.3) is 0 Å². The molecule has 0 amide bonds. The maximum atomic E-state index is 2.46. The van der Waals surface area contributed by atoms with Crippen LogP contribution in [0.2, 0.25) is 12.6 Å². The minimum Gasteiger partial charge on any atom is -0.309 e. The van der Waals surface area contributed by atoms with Gasteiger partial charge in [-0.15, -0.1) is 0 Å². The molecule has 2 heterocycles. The van der Waals surface area contributed by atoms with Gasteiger partial charge in [0.05, 0.1) is 11.0 Å². The van der Waals surface area contributed by atoms with E-state index in [1.807, 2.05) is 0 Å². The van der Waals surface area contributed by atoms with Gasteiger partial charge in [-0.2, -0.15) is 0 Å². The van der Waals surface area contributed by atoms with Gasteiger partial charge in [0.1, 0.15) is 0 Å². The van der Waals surface area contributed by atoms with Crippen molar-refractivity contribution in [1.82, 2.24) is 4.57 Å². The summed E-state index contributed by atoms with van der Waals surface area (Å²) in [5.74, 6) is 0. The van der Waals surface area contributed by atoms with E-state index in [1.54, 1.807) is 0 Å². The first-order valence-corrected chi connectivity index (χ1v) is 10.5. The first-order chi connectivity index (χ1) is 13.4. The zero-order chi connectivity index (χ0) is 19.5. The number of aromatic nitrogens is 1. The van der Waals surface area contributed by atoms with E-state index in [9.17, 15) is 0 Å². The van der Waals surface area contributed by atoms with Gasteiger partial charge in [-0.25, -0.2) is 0 Å². The molecule has 1 fully saturated rings. The number of nitrogens with zero attached hydrogens (tertiary/aromatic N) is 1. The molecule has 0 N–H and O–H groups in total. The summed E-state index contributed by atoms with van der Waals surface area (Å²) in [6.07, 6.45) is 2.52. The number of fused-ring (bicyclic) bond motifs is 3. The van der Waals surface area contributed by atoms with Gasteiger partial charge in [-0.1, -0.05) is 94.3 Å². The molecule has 1 saturated heterocycles. The van der Waals surface area contributed by atoms with Crippen LogP contribution < -0.4 is 5.46 Å². The summed E-state index contributed by atoms with van der Waals surface area (Å²) in [7, 11) is 0. The lowest BCUT2D eigenvalue weighted by molar-refractivity contribution is 0.177. The average molecular weight is 365 g/mol. The second kappa shape index (κ2) is 6.01. The molecular formula is C26H28BN. The molecule has 0 radical (unpaired) electrons. The van der Waals surface area contributed by atoms with E-state index in [1.165, 1.54) is 45.6 Å². The zero-order valence-corrected chi connectivity index (χ0v) is 17.4. The van der Waals surface area contributed by atoms with Gasteiger partial charge < -0.3 is 4.57 Å². The fourth-order valence-electron chi connectivity index (χ4n) is 5.19. The van der Waals surface area contributed by atoms with E-state index in [2.05, 4.69) is 105 Å². The lowest BCUT2D eigenvalue weighted by Crippen LogP contribution is -2.27. The van der Waals surface area contributed by atoms with Crippen LogP contribution in [0.5, 0.6) is 0 Å². The van der Waals surface area contributed by atoms with E-state index in [4.69, 9.17) is 0 Å². The van der Waals surface area contributed by atoms with Gasteiger partial charge in [-0.05, 0) is 35.1 Å². The number of benzene rings is 3. The van der Waals surface area contributed by atoms with Crippen LogP contribution in [-0.4, -0.2) is 11.3 Å². The van der Waals surface area contributed by atoms with Gasteiger partial charge in [0.2, 0.25) is 0 Å². The highest BCUT2D eigenvalue weighted by Crippen LogP contribution is 2.52. The molecular weight excluding hydrogens is 337 g/mol. The molecule has 0 spiro atoms. The Morgan fingerprint density at radius 1 is 0.679 bits per heavy atom. The molecule has 0 unspecified atom stereocenters. The number of hydrogen-bond donors (Lipinski definition) is 0. The lowest BCUT2D eigenvalue weighted by atomic mass is 9.42. The summed E-state index contributed by atoms with van der Waals surface area (Å²) in [5.41, 5.74) is 6.08. The zero-order valence-electron chi connectivity index (χ0n) is 17.4. The van der Waals surface area contributed by atoms with Gasteiger partial charge in [-0.3, -0.25) is 0 Å². The molecule has 5 rings (SSSR count). The van der Waals surface area contributed by atoms with Crippen molar-refractivity contribution in [2.24, 2.45) is 10.8 Å². The second-order valence-corrected chi connectivity index (χ2v) is 9.84. The van der Waals surface area contributed by atoms with Crippen molar-refractivity contribution in [2.45, 2.75) is 40.3 Å². The maximum absolute atomic E-state index is 2.46.